The van der Waals surface area contributed by atoms with Gasteiger partial charge in [-0.25, -0.2) is 9.97 Å². The Bertz CT molecular complexity index is 940. The first-order chi connectivity index (χ1) is 11.3. The topological polar surface area (TPSA) is 86.3 Å². The van der Waals surface area contributed by atoms with Gasteiger partial charge in [0, 0.05) is 12.7 Å². The van der Waals surface area contributed by atoms with E-state index in [1.165, 1.54) is 6.33 Å². The molecule has 1 aromatic carbocycles. The van der Waals surface area contributed by atoms with E-state index in [0.717, 1.165) is 28.4 Å². The zero-order valence-electron chi connectivity index (χ0n) is 12.5. The maximum absolute atomic E-state index is 4.29. The molecule has 0 fully saturated rings. The summed E-state index contributed by atoms with van der Waals surface area (Å²) in [4.78, 5) is 8.52. The number of anilines is 1. The number of fused-ring (bicyclic) bond motifs is 1. The van der Waals surface area contributed by atoms with Gasteiger partial charge in [0.05, 0.1) is 18.1 Å². The van der Waals surface area contributed by atoms with Crippen LogP contribution in [0.1, 0.15) is 5.82 Å². The van der Waals surface area contributed by atoms with Gasteiger partial charge in [0.1, 0.15) is 18.5 Å². The van der Waals surface area contributed by atoms with Gasteiger partial charge in [-0.3, -0.25) is 9.25 Å². The SMILES string of the molecule is Cn1ncc2c(NCc3nncn3-c3ccccc3)ncnc21. The molecule has 4 rings (SSSR count). The summed E-state index contributed by atoms with van der Waals surface area (Å²) < 4.78 is 3.66. The Morgan fingerprint density at radius 2 is 2.00 bits per heavy atom. The van der Waals surface area contributed by atoms with Crippen LogP contribution in [0.2, 0.25) is 0 Å². The zero-order chi connectivity index (χ0) is 15.6. The van der Waals surface area contributed by atoms with Gasteiger partial charge in [0.15, 0.2) is 11.5 Å². The monoisotopic (exact) mass is 306 g/mol. The second-order valence-corrected chi connectivity index (χ2v) is 5.03. The summed E-state index contributed by atoms with van der Waals surface area (Å²) in [5.41, 5.74) is 1.80. The average molecular weight is 306 g/mol. The Hall–Kier alpha value is -3.29. The Balaban J connectivity index is 1.61. The summed E-state index contributed by atoms with van der Waals surface area (Å²) in [6.07, 6.45) is 4.97. The van der Waals surface area contributed by atoms with Crippen molar-refractivity contribution in [2.45, 2.75) is 6.54 Å². The molecule has 0 unspecified atom stereocenters. The lowest BCUT2D eigenvalue weighted by Gasteiger charge is -2.08. The molecule has 1 N–H and O–H groups in total. The minimum Gasteiger partial charge on any atom is -0.362 e. The standard InChI is InChI=1S/C15H14N8/c1-22-15-12(7-20-22)14(17-9-18-15)16-8-13-21-19-10-23(13)11-5-3-2-4-6-11/h2-7,9-10H,8H2,1H3,(H,16,17,18). The summed E-state index contributed by atoms with van der Waals surface area (Å²) in [5, 5.41) is 16.5. The summed E-state index contributed by atoms with van der Waals surface area (Å²) in [7, 11) is 1.85. The Morgan fingerprint density at radius 1 is 1.13 bits per heavy atom. The highest BCUT2D eigenvalue weighted by Gasteiger charge is 2.10. The maximum Gasteiger partial charge on any atom is 0.163 e. The molecule has 0 bridgehead atoms. The smallest absolute Gasteiger partial charge is 0.163 e. The van der Waals surface area contributed by atoms with Crippen LogP contribution in [0, 0.1) is 0 Å². The molecule has 0 atom stereocenters. The van der Waals surface area contributed by atoms with Crippen molar-refractivity contribution in [2.75, 3.05) is 5.32 Å². The van der Waals surface area contributed by atoms with E-state index < -0.39 is 0 Å². The number of aromatic nitrogens is 7. The lowest BCUT2D eigenvalue weighted by Crippen LogP contribution is -2.08. The lowest BCUT2D eigenvalue weighted by atomic mass is 10.3. The maximum atomic E-state index is 4.29. The summed E-state index contributed by atoms with van der Waals surface area (Å²) in [5.74, 6) is 1.53. The van der Waals surface area contributed by atoms with Crippen LogP contribution in [0.5, 0.6) is 0 Å². The van der Waals surface area contributed by atoms with Crippen molar-refractivity contribution in [3.63, 3.8) is 0 Å². The first-order valence-corrected chi connectivity index (χ1v) is 7.14. The van der Waals surface area contributed by atoms with Gasteiger partial charge in [0.2, 0.25) is 0 Å². The molecule has 0 saturated carbocycles. The molecule has 3 heterocycles. The Morgan fingerprint density at radius 3 is 2.87 bits per heavy atom. The predicted octanol–water partition coefficient (Wildman–Crippen LogP) is 1.56. The van der Waals surface area contributed by atoms with E-state index in [9.17, 15) is 0 Å². The van der Waals surface area contributed by atoms with Gasteiger partial charge in [-0.05, 0) is 12.1 Å². The lowest BCUT2D eigenvalue weighted by molar-refractivity contribution is 0.785. The molecular weight excluding hydrogens is 292 g/mol. The number of aryl methyl sites for hydroxylation is 1. The predicted molar refractivity (Wildman–Crippen MR) is 85.0 cm³/mol. The quantitative estimate of drug-likeness (QED) is 0.615. The van der Waals surface area contributed by atoms with Crippen molar-refractivity contribution in [3.8, 4) is 5.69 Å². The number of para-hydroxylation sites is 1. The molecular formula is C15H14N8. The molecule has 0 amide bonds. The molecule has 4 aromatic rings. The van der Waals surface area contributed by atoms with Gasteiger partial charge in [-0.1, -0.05) is 18.2 Å². The van der Waals surface area contributed by atoms with Gasteiger partial charge in [-0.2, -0.15) is 5.10 Å². The minimum absolute atomic E-state index is 0.496. The minimum atomic E-state index is 0.496. The highest BCUT2D eigenvalue weighted by molar-refractivity contribution is 5.85. The molecule has 0 aliphatic carbocycles. The first-order valence-electron chi connectivity index (χ1n) is 7.14. The van der Waals surface area contributed by atoms with Crippen LogP contribution in [-0.2, 0) is 13.6 Å². The van der Waals surface area contributed by atoms with E-state index in [0.29, 0.717) is 6.54 Å². The van der Waals surface area contributed by atoms with Crippen molar-refractivity contribution in [2.24, 2.45) is 7.05 Å². The van der Waals surface area contributed by atoms with Gasteiger partial charge in [-0.15, -0.1) is 10.2 Å². The van der Waals surface area contributed by atoms with Gasteiger partial charge in [0.25, 0.3) is 0 Å². The van der Waals surface area contributed by atoms with Crippen LogP contribution < -0.4 is 5.32 Å². The molecule has 0 saturated heterocycles. The summed E-state index contributed by atoms with van der Waals surface area (Å²) in [6.45, 7) is 0.496. The third kappa shape index (κ3) is 2.39. The largest absolute Gasteiger partial charge is 0.362 e. The van der Waals surface area contributed by atoms with Crippen LogP contribution in [0.3, 0.4) is 0 Å². The van der Waals surface area contributed by atoms with Crippen LogP contribution >= 0.6 is 0 Å². The van der Waals surface area contributed by atoms with Crippen molar-refractivity contribution >= 4 is 16.9 Å². The van der Waals surface area contributed by atoms with Crippen molar-refractivity contribution < 1.29 is 0 Å². The number of nitrogens with zero attached hydrogens (tertiary/aromatic N) is 7. The average Bonchev–Trinajstić information content (AvgIpc) is 3.21. The van der Waals surface area contributed by atoms with E-state index in [4.69, 9.17) is 0 Å². The number of benzene rings is 1. The molecule has 114 valence electrons. The van der Waals surface area contributed by atoms with E-state index in [1.54, 1.807) is 17.2 Å². The van der Waals surface area contributed by atoms with Crippen LogP contribution in [-0.4, -0.2) is 34.5 Å². The van der Waals surface area contributed by atoms with Crippen molar-refractivity contribution in [1.82, 2.24) is 34.5 Å². The van der Waals surface area contributed by atoms with E-state index in [2.05, 4.69) is 30.6 Å². The van der Waals surface area contributed by atoms with E-state index in [-0.39, 0.29) is 0 Å². The second-order valence-electron chi connectivity index (χ2n) is 5.03. The number of rotatable bonds is 4. The highest BCUT2D eigenvalue weighted by Crippen LogP contribution is 2.18. The fourth-order valence-electron chi connectivity index (χ4n) is 2.45. The van der Waals surface area contributed by atoms with Crippen molar-refractivity contribution in [1.29, 1.82) is 0 Å². The molecule has 0 aliphatic rings. The molecule has 0 aliphatic heterocycles. The summed E-state index contributed by atoms with van der Waals surface area (Å²) in [6, 6.07) is 9.96. The van der Waals surface area contributed by atoms with Gasteiger partial charge >= 0.3 is 0 Å². The molecule has 3 aromatic heterocycles. The fraction of sp³-hybridized carbons (Fsp3) is 0.133. The van der Waals surface area contributed by atoms with Crippen LogP contribution in [0.25, 0.3) is 16.7 Å². The highest BCUT2D eigenvalue weighted by atomic mass is 15.3. The Labute approximate surface area is 131 Å². The fourth-order valence-corrected chi connectivity index (χ4v) is 2.45. The molecule has 0 radical (unpaired) electrons. The molecule has 8 nitrogen and oxygen atoms in total. The van der Waals surface area contributed by atoms with E-state index >= 15 is 0 Å². The van der Waals surface area contributed by atoms with Crippen LogP contribution in [0.15, 0.2) is 49.2 Å². The molecule has 8 heteroatoms. The Kier molecular flexibility index (Phi) is 3.19. The second kappa shape index (κ2) is 5.48. The van der Waals surface area contributed by atoms with Crippen molar-refractivity contribution in [3.05, 3.63) is 55.0 Å². The third-order valence-corrected chi connectivity index (χ3v) is 3.60. The molecule has 0 spiro atoms. The number of nitrogens with one attached hydrogen (secondary N) is 1. The first kappa shape index (κ1) is 13.4. The van der Waals surface area contributed by atoms with Gasteiger partial charge < -0.3 is 5.32 Å². The number of hydrogen-bond donors (Lipinski definition) is 1. The third-order valence-electron chi connectivity index (χ3n) is 3.60. The number of hydrogen-bond acceptors (Lipinski definition) is 6. The molecule has 23 heavy (non-hydrogen) atoms. The normalized spacial score (nSPS) is 11.0. The summed E-state index contributed by atoms with van der Waals surface area (Å²) >= 11 is 0. The van der Waals surface area contributed by atoms with E-state index in [1.807, 2.05) is 41.9 Å². The zero-order valence-corrected chi connectivity index (χ0v) is 12.5. The van der Waals surface area contributed by atoms with Crippen LogP contribution in [0.4, 0.5) is 5.82 Å².